The molecule has 0 aliphatic carbocycles. The number of ether oxygens (including phenoxy) is 2. The Morgan fingerprint density at radius 2 is 1.81 bits per heavy atom. The van der Waals surface area contributed by atoms with Crippen LogP contribution in [0, 0.1) is 5.82 Å². The first-order chi connectivity index (χ1) is 17.6. The molecule has 3 aromatic carbocycles. The molecule has 2 heterocycles. The normalized spacial score (nSPS) is 14.2. The minimum absolute atomic E-state index is 0.119. The lowest BCUT2D eigenvalue weighted by Gasteiger charge is -2.34. The van der Waals surface area contributed by atoms with Crippen molar-refractivity contribution in [3.8, 4) is 11.5 Å². The third-order valence-electron chi connectivity index (χ3n) is 6.94. The highest BCUT2D eigenvalue weighted by Crippen LogP contribution is 2.32. The van der Waals surface area contributed by atoms with E-state index in [1.807, 2.05) is 59.5 Å². The molecule has 36 heavy (non-hydrogen) atoms. The molecule has 186 valence electrons. The summed E-state index contributed by atoms with van der Waals surface area (Å²) in [7, 11) is 3.29. The summed E-state index contributed by atoms with van der Waals surface area (Å²) >= 11 is 0. The standard InChI is InChI=1S/C29H30FN3O3/c1-35-24-8-5-6-20(16-24)17-29(34)32-14-12-23(13-15-32)33-26-11-10-22(30)19-25(26)31-28(33)18-21-7-3-4-9-27(21)36-2/h3-11,16,19,23H,12-15,17-18H2,1-2H3. The van der Waals surface area contributed by atoms with Crippen LogP contribution in [0.2, 0.25) is 0 Å². The molecule has 1 amide bonds. The predicted molar refractivity (Wildman–Crippen MR) is 137 cm³/mol. The molecule has 1 saturated heterocycles. The van der Waals surface area contributed by atoms with Crippen LogP contribution in [0.3, 0.4) is 0 Å². The van der Waals surface area contributed by atoms with E-state index in [2.05, 4.69) is 4.57 Å². The molecule has 5 rings (SSSR count). The molecule has 0 saturated carbocycles. The molecule has 0 spiro atoms. The fraction of sp³-hybridized carbons (Fsp3) is 0.310. The largest absolute Gasteiger partial charge is 0.497 e. The Kier molecular flexibility index (Phi) is 6.89. The highest BCUT2D eigenvalue weighted by atomic mass is 19.1. The Morgan fingerprint density at radius 1 is 1.00 bits per heavy atom. The van der Waals surface area contributed by atoms with E-state index < -0.39 is 0 Å². The molecular weight excluding hydrogens is 457 g/mol. The number of nitrogens with zero attached hydrogens (tertiary/aromatic N) is 3. The molecule has 0 N–H and O–H groups in total. The number of likely N-dealkylation sites (tertiary alicyclic amines) is 1. The van der Waals surface area contributed by atoms with Gasteiger partial charge in [0.05, 0.1) is 31.7 Å². The maximum Gasteiger partial charge on any atom is 0.226 e. The summed E-state index contributed by atoms with van der Waals surface area (Å²) in [5, 5.41) is 0. The molecule has 0 unspecified atom stereocenters. The zero-order chi connectivity index (χ0) is 25.1. The fourth-order valence-electron chi connectivity index (χ4n) is 5.12. The number of hydrogen-bond donors (Lipinski definition) is 0. The molecular formula is C29H30FN3O3. The van der Waals surface area contributed by atoms with E-state index in [9.17, 15) is 9.18 Å². The number of hydrogen-bond acceptors (Lipinski definition) is 4. The quantitative estimate of drug-likeness (QED) is 0.360. The zero-order valence-electron chi connectivity index (χ0n) is 20.6. The van der Waals surface area contributed by atoms with Crippen molar-refractivity contribution in [1.29, 1.82) is 0 Å². The van der Waals surface area contributed by atoms with Gasteiger partial charge in [0.15, 0.2) is 0 Å². The van der Waals surface area contributed by atoms with E-state index in [4.69, 9.17) is 14.5 Å². The average molecular weight is 488 g/mol. The van der Waals surface area contributed by atoms with Crippen LogP contribution in [0.15, 0.2) is 66.7 Å². The number of piperidine rings is 1. The average Bonchev–Trinajstić information content (AvgIpc) is 3.25. The van der Waals surface area contributed by atoms with Gasteiger partial charge in [0.25, 0.3) is 0 Å². The van der Waals surface area contributed by atoms with Crippen LogP contribution in [0.5, 0.6) is 11.5 Å². The Labute approximate surface area is 210 Å². The van der Waals surface area contributed by atoms with Crippen LogP contribution >= 0.6 is 0 Å². The van der Waals surface area contributed by atoms with Crippen LogP contribution in [0.1, 0.15) is 35.8 Å². The SMILES string of the molecule is COc1cccc(CC(=O)N2CCC(n3c(Cc4ccccc4OC)nc4cc(F)ccc43)CC2)c1. The minimum Gasteiger partial charge on any atom is -0.497 e. The number of halogens is 1. The number of amides is 1. The summed E-state index contributed by atoms with van der Waals surface area (Å²) in [6.07, 6.45) is 2.56. The number of fused-ring (bicyclic) bond motifs is 1. The lowest BCUT2D eigenvalue weighted by Crippen LogP contribution is -2.40. The summed E-state index contributed by atoms with van der Waals surface area (Å²) in [4.78, 5) is 19.8. The molecule has 0 atom stereocenters. The number of rotatable bonds is 7. The molecule has 0 radical (unpaired) electrons. The molecule has 1 aromatic heterocycles. The first-order valence-corrected chi connectivity index (χ1v) is 12.2. The highest BCUT2D eigenvalue weighted by molar-refractivity contribution is 5.79. The van der Waals surface area contributed by atoms with Crippen molar-refractivity contribution >= 4 is 16.9 Å². The van der Waals surface area contributed by atoms with Gasteiger partial charge in [0.1, 0.15) is 23.1 Å². The maximum atomic E-state index is 14.0. The summed E-state index contributed by atoms with van der Waals surface area (Å²) in [5.41, 5.74) is 3.55. The second kappa shape index (κ2) is 10.4. The van der Waals surface area contributed by atoms with E-state index in [1.54, 1.807) is 14.2 Å². The van der Waals surface area contributed by atoms with E-state index in [-0.39, 0.29) is 17.8 Å². The van der Waals surface area contributed by atoms with E-state index >= 15 is 0 Å². The van der Waals surface area contributed by atoms with Crippen molar-refractivity contribution in [2.24, 2.45) is 0 Å². The third kappa shape index (κ3) is 4.91. The van der Waals surface area contributed by atoms with Crippen LogP contribution in [0.4, 0.5) is 4.39 Å². The first-order valence-electron chi connectivity index (χ1n) is 12.2. The van der Waals surface area contributed by atoms with Gasteiger partial charge in [-0.1, -0.05) is 30.3 Å². The van der Waals surface area contributed by atoms with Crippen molar-refractivity contribution in [1.82, 2.24) is 14.5 Å². The number of imidazole rings is 1. The second-order valence-corrected chi connectivity index (χ2v) is 9.16. The van der Waals surface area contributed by atoms with Crippen molar-refractivity contribution in [3.05, 3.63) is 89.5 Å². The van der Waals surface area contributed by atoms with Gasteiger partial charge in [0, 0.05) is 37.2 Å². The zero-order valence-corrected chi connectivity index (χ0v) is 20.6. The Morgan fingerprint density at radius 3 is 2.58 bits per heavy atom. The van der Waals surface area contributed by atoms with E-state index in [1.165, 1.54) is 12.1 Å². The van der Waals surface area contributed by atoms with Gasteiger partial charge in [-0.25, -0.2) is 9.37 Å². The molecule has 6 nitrogen and oxygen atoms in total. The van der Waals surface area contributed by atoms with Gasteiger partial charge in [-0.15, -0.1) is 0 Å². The third-order valence-corrected chi connectivity index (χ3v) is 6.94. The first kappa shape index (κ1) is 23.9. The van der Waals surface area contributed by atoms with E-state index in [0.29, 0.717) is 31.4 Å². The minimum atomic E-state index is -0.297. The van der Waals surface area contributed by atoms with Gasteiger partial charge in [0.2, 0.25) is 5.91 Å². The van der Waals surface area contributed by atoms with Gasteiger partial charge in [-0.3, -0.25) is 4.79 Å². The number of para-hydroxylation sites is 1. The topological polar surface area (TPSA) is 56.6 Å². The van der Waals surface area contributed by atoms with Crippen molar-refractivity contribution in [2.45, 2.75) is 31.7 Å². The van der Waals surface area contributed by atoms with Crippen LogP contribution in [-0.2, 0) is 17.6 Å². The Hall–Kier alpha value is -3.87. The second-order valence-electron chi connectivity index (χ2n) is 9.16. The summed E-state index contributed by atoms with van der Waals surface area (Å²) in [6.45, 7) is 1.34. The smallest absolute Gasteiger partial charge is 0.226 e. The molecule has 7 heteroatoms. The van der Waals surface area contributed by atoms with Crippen molar-refractivity contribution < 1.29 is 18.7 Å². The maximum absolute atomic E-state index is 14.0. The summed E-state index contributed by atoms with van der Waals surface area (Å²) in [5.74, 6) is 2.26. The lowest BCUT2D eigenvalue weighted by atomic mass is 10.0. The van der Waals surface area contributed by atoms with Crippen LogP contribution in [-0.4, -0.2) is 47.7 Å². The lowest BCUT2D eigenvalue weighted by molar-refractivity contribution is -0.131. The Bertz CT molecular complexity index is 1380. The van der Waals surface area contributed by atoms with Crippen molar-refractivity contribution in [3.63, 3.8) is 0 Å². The van der Waals surface area contributed by atoms with Crippen molar-refractivity contribution in [2.75, 3.05) is 27.3 Å². The van der Waals surface area contributed by atoms with E-state index in [0.717, 1.165) is 46.8 Å². The predicted octanol–water partition coefficient (Wildman–Crippen LogP) is 5.19. The highest BCUT2D eigenvalue weighted by Gasteiger charge is 2.27. The van der Waals surface area contributed by atoms with Gasteiger partial charge >= 0.3 is 0 Å². The number of carbonyl (C=O) groups is 1. The van der Waals surface area contributed by atoms with Crippen LogP contribution in [0.25, 0.3) is 11.0 Å². The van der Waals surface area contributed by atoms with Crippen LogP contribution < -0.4 is 9.47 Å². The monoisotopic (exact) mass is 487 g/mol. The summed E-state index contributed by atoms with van der Waals surface area (Å²) in [6, 6.07) is 20.5. The van der Waals surface area contributed by atoms with Gasteiger partial charge < -0.3 is 18.9 Å². The fourth-order valence-corrected chi connectivity index (χ4v) is 5.12. The number of benzene rings is 3. The number of aromatic nitrogens is 2. The molecule has 1 aliphatic rings. The summed E-state index contributed by atoms with van der Waals surface area (Å²) < 4.78 is 27.1. The van der Waals surface area contributed by atoms with Gasteiger partial charge in [-0.05, 0) is 48.7 Å². The Balaban J connectivity index is 1.36. The number of methoxy groups -OCH3 is 2. The molecule has 1 fully saturated rings. The molecule has 0 bridgehead atoms. The molecule has 4 aromatic rings. The van der Waals surface area contributed by atoms with Gasteiger partial charge in [-0.2, -0.15) is 0 Å². The number of carbonyl (C=O) groups excluding carboxylic acids is 1. The molecule has 1 aliphatic heterocycles.